The molecule has 22 heavy (non-hydrogen) atoms. The number of nitrogens with one attached hydrogen (secondary N) is 1. The van der Waals surface area contributed by atoms with E-state index in [-0.39, 0.29) is 23.8 Å². The molecular weight excluding hydrogens is 284 g/mol. The largest absolute Gasteiger partial charge is 0.340 e. The summed E-state index contributed by atoms with van der Waals surface area (Å²) in [4.78, 5) is 27.1. The third-order valence-corrected chi connectivity index (χ3v) is 3.73. The average molecular weight is 308 g/mol. The van der Waals surface area contributed by atoms with Gasteiger partial charge in [0.25, 0.3) is 0 Å². The molecule has 0 aromatic carbocycles. The first-order valence-electron chi connectivity index (χ1n) is 7.50. The van der Waals surface area contributed by atoms with Crippen LogP contribution in [0, 0.1) is 0 Å². The molecule has 0 saturated carbocycles. The molecule has 1 fully saturated rings. The fourth-order valence-electron chi connectivity index (χ4n) is 2.29. The summed E-state index contributed by atoms with van der Waals surface area (Å²) in [6.07, 6.45) is 0. The number of rotatable bonds is 3. The molecule has 7 nitrogen and oxygen atoms in total. The first kappa shape index (κ1) is 16.5. The van der Waals surface area contributed by atoms with E-state index in [1.165, 1.54) is 0 Å². The Kier molecular flexibility index (Phi) is 4.85. The SMILES string of the molecule is CC(=O)N1CCN(CC(=O)Nc2cc(C(C)(C)C)no2)CC1. The third kappa shape index (κ3) is 4.30. The first-order chi connectivity index (χ1) is 10.3. The van der Waals surface area contributed by atoms with E-state index in [0.717, 1.165) is 5.69 Å². The van der Waals surface area contributed by atoms with Crippen molar-refractivity contribution >= 4 is 17.7 Å². The van der Waals surface area contributed by atoms with Crippen LogP contribution < -0.4 is 5.32 Å². The van der Waals surface area contributed by atoms with Crippen molar-refractivity contribution in [3.8, 4) is 0 Å². The van der Waals surface area contributed by atoms with Crippen LogP contribution in [0.3, 0.4) is 0 Å². The summed E-state index contributed by atoms with van der Waals surface area (Å²) in [6, 6.07) is 1.76. The molecule has 1 aromatic heterocycles. The lowest BCUT2D eigenvalue weighted by Crippen LogP contribution is -2.49. The van der Waals surface area contributed by atoms with Crippen LogP contribution >= 0.6 is 0 Å². The standard InChI is InChI=1S/C15H24N4O3/c1-11(20)19-7-5-18(6-8-19)10-13(21)16-14-9-12(17-22-14)15(2,3)4/h9H,5-8,10H2,1-4H3,(H,16,21). The van der Waals surface area contributed by atoms with Crippen molar-refractivity contribution in [2.24, 2.45) is 0 Å². The van der Waals surface area contributed by atoms with Gasteiger partial charge in [-0.1, -0.05) is 25.9 Å². The molecule has 0 bridgehead atoms. The number of anilines is 1. The lowest BCUT2D eigenvalue weighted by atomic mass is 9.92. The minimum absolute atomic E-state index is 0.0838. The molecule has 1 N–H and O–H groups in total. The van der Waals surface area contributed by atoms with Crippen LogP contribution in [0.4, 0.5) is 5.88 Å². The number of aromatic nitrogens is 1. The van der Waals surface area contributed by atoms with Gasteiger partial charge in [-0.15, -0.1) is 0 Å². The Balaban J connectivity index is 1.81. The second kappa shape index (κ2) is 6.48. The highest BCUT2D eigenvalue weighted by Gasteiger charge is 2.22. The maximum Gasteiger partial charge on any atom is 0.240 e. The highest BCUT2D eigenvalue weighted by Crippen LogP contribution is 2.23. The van der Waals surface area contributed by atoms with Crippen LogP contribution in [0.5, 0.6) is 0 Å². The van der Waals surface area contributed by atoms with Gasteiger partial charge in [-0.05, 0) is 0 Å². The van der Waals surface area contributed by atoms with Gasteiger partial charge in [-0.2, -0.15) is 0 Å². The fourth-order valence-corrected chi connectivity index (χ4v) is 2.29. The van der Waals surface area contributed by atoms with Crippen LogP contribution in [0.15, 0.2) is 10.6 Å². The molecule has 1 aliphatic rings. The Morgan fingerprint density at radius 1 is 1.27 bits per heavy atom. The molecule has 0 unspecified atom stereocenters. The van der Waals surface area contributed by atoms with Gasteiger partial charge < -0.3 is 9.42 Å². The zero-order chi connectivity index (χ0) is 16.3. The molecule has 1 aromatic rings. The van der Waals surface area contributed by atoms with Crippen molar-refractivity contribution in [2.45, 2.75) is 33.1 Å². The molecule has 1 aliphatic heterocycles. The van der Waals surface area contributed by atoms with Gasteiger partial charge in [0, 0.05) is 44.6 Å². The number of nitrogens with zero attached hydrogens (tertiary/aromatic N) is 3. The quantitative estimate of drug-likeness (QED) is 0.904. The summed E-state index contributed by atoms with van der Waals surface area (Å²) >= 11 is 0. The minimum atomic E-state index is -0.132. The number of amides is 2. The third-order valence-electron chi connectivity index (χ3n) is 3.73. The number of carbonyl (C=O) groups excluding carboxylic acids is 2. The van der Waals surface area contributed by atoms with Crippen LogP contribution in [0.25, 0.3) is 0 Å². The van der Waals surface area contributed by atoms with E-state index >= 15 is 0 Å². The smallest absolute Gasteiger partial charge is 0.240 e. The van der Waals surface area contributed by atoms with Crippen molar-refractivity contribution in [1.29, 1.82) is 0 Å². The summed E-state index contributed by atoms with van der Waals surface area (Å²) in [5.41, 5.74) is 0.688. The zero-order valence-electron chi connectivity index (χ0n) is 13.7. The second-order valence-corrected chi connectivity index (χ2v) is 6.66. The number of hydrogen-bond acceptors (Lipinski definition) is 5. The average Bonchev–Trinajstić information content (AvgIpc) is 2.87. The van der Waals surface area contributed by atoms with Gasteiger partial charge >= 0.3 is 0 Å². The molecular formula is C15H24N4O3. The van der Waals surface area contributed by atoms with E-state index < -0.39 is 0 Å². The second-order valence-electron chi connectivity index (χ2n) is 6.66. The number of carbonyl (C=O) groups is 2. The van der Waals surface area contributed by atoms with Gasteiger partial charge in [0.1, 0.15) is 0 Å². The summed E-state index contributed by atoms with van der Waals surface area (Å²) < 4.78 is 5.15. The lowest BCUT2D eigenvalue weighted by molar-refractivity contribution is -0.130. The Labute approximate surface area is 130 Å². The van der Waals surface area contributed by atoms with E-state index in [0.29, 0.717) is 32.1 Å². The van der Waals surface area contributed by atoms with Gasteiger partial charge in [-0.25, -0.2) is 0 Å². The van der Waals surface area contributed by atoms with Crippen molar-refractivity contribution in [1.82, 2.24) is 15.0 Å². The van der Waals surface area contributed by atoms with Crippen LogP contribution in [0.1, 0.15) is 33.4 Å². The van der Waals surface area contributed by atoms with Crippen molar-refractivity contribution in [3.63, 3.8) is 0 Å². The summed E-state index contributed by atoms with van der Waals surface area (Å²) in [7, 11) is 0. The molecule has 7 heteroatoms. The van der Waals surface area contributed by atoms with Crippen molar-refractivity contribution < 1.29 is 14.1 Å². The van der Waals surface area contributed by atoms with Crippen molar-refractivity contribution in [2.75, 3.05) is 38.0 Å². The van der Waals surface area contributed by atoms with E-state index in [1.54, 1.807) is 17.9 Å². The maximum absolute atomic E-state index is 12.0. The molecule has 2 amide bonds. The first-order valence-corrected chi connectivity index (χ1v) is 7.50. The van der Waals surface area contributed by atoms with Gasteiger partial charge in [-0.3, -0.25) is 19.8 Å². The highest BCUT2D eigenvalue weighted by atomic mass is 16.5. The zero-order valence-corrected chi connectivity index (χ0v) is 13.7. The lowest BCUT2D eigenvalue weighted by Gasteiger charge is -2.33. The van der Waals surface area contributed by atoms with E-state index in [2.05, 4.69) is 10.5 Å². The molecule has 122 valence electrons. The topological polar surface area (TPSA) is 78.7 Å². The molecule has 0 spiro atoms. The van der Waals surface area contributed by atoms with E-state index in [4.69, 9.17) is 4.52 Å². The molecule has 0 atom stereocenters. The van der Waals surface area contributed by atoms with Gasteiger partial charge in [0.15, 0.2) is 0 Å². The monoisotopic (exact) mass is 308 g/mol. The summed E-state index contributed by atoms with van der Waals surface area (Å²) in [5.74, 6) is 0.325. The molecule has 2 heterocycles. The fraction of sp³-hybridized carbons (Fsp3) is 0.667. The van der Waals surface area contributed by atoms with Crippen molar-refractivity contribution in [3.05, 3.63) is 11.8 Å². The highest BCUT2D eigenvalue weighted by molar-refractivity contribution is 5.91. The van der Waals surface area contributed by atoms with E-state index in [9.17, 15) is 9.59 Å². The Morgan fingerprint density at radius 3 is 2.41 bits per heavy atom. The molecule has 2 rings (SSSR count). The summed E-state index contributed by atoms with van der Waals surface area (Å²) in [6.45, 7) is 10.7. The molecule has 0 radical (unpaired) electrons. The Hall–Kier alpha value is -1.89. The van der Waals surface area contributed by atoms with Gasteiger partial charge in [0.2, 0.25) is 17.7 Å². The van der Waals surface area contributed by atoms with Crippen LogP contribution in [0.2, 0.25) is 0 Å². The van der Waals surface area contributed by atoms with E-state index in [1.807, 2.05) is 25.7 Å². The van der Waals surface area contributed by atoms with Crippen LogP contribution in [-0.4, -0.2) is 59.5 Å². The number of piperazine rings is 1. The predicted molar refractivity (Wildman–Crippen MR) is 82.5 cm³/mol. The number of hydrogen-bond donors (Lipinski definition) is 1. The summed E-state index contributed by atoms with van der Waals surface area (Å²) in [5, 5.41) is 6.69. The molecule has 1 saturated heterocycles. The van der Waals surface area contributed by atoms with Crippen LogP contribution in [-0.2, 0) is 15.0 Å². The normalized spacial score (nSPS) is 16.6. The van der Waals surface area contributed by atoms with Gasteiger partial charge in [0.05, 0.1) is 12.2 Å². The Morgan fingerprint density at radius 2 is 1.91 bits per heavy atom. The predicted octanol–water partition coefficient (Wildman–Crippen LogP) is 1.07. The Bertz CT molecular complexity index is 539. The minimum Gasteiger partial charge on any atom is -0.340 e. The maximum atomic E-state index is 12.0. The molecule has 0 aliphatic carbocycles.